The summed E-state index contributed by atoms with van der Waals surface area (Å²) in [6, 6.07) is 9.55. The van der Waals surface area contributed by atoms with Crippen LogP contribution in [0.3, 0.4) is 0 Å². The number of fused-ring (bicyclic) bond motifs is 1. The summed E-state index contributed by atoms with van der Waals surface area (Å²) >= 11 is 6.16. The van der Waals surface area contributed by atoms with Gasteiger partial charge in [-0.15, -0.1) is 0 Å². The first-order valence-electron chi connectivity index (χ1n) is 10.4. The third kappa shape index (κ3) is 4.83. The van der Waals surface area contributed by atoms with Gasteiger partial charge in [-0.3, -0.25) is 9.69 Å². The van der Waals surface area contributed by atoms with Crippen LogP contribution in [0, 0.1) is 0 Å². The average Bonchev–Trinajstić information content (AvgIpc) is 3.09. The summed E-state index contributed by atoms with van der Waals surface area (Å²) in [5.41, 5.74) is 1.67. The Bertz CT molecular complexity index is 952. The first kappa shape index (κ1) is 21.6. The van der Waals surface area contributed by atoms with E-state index in [0.717, 1.165) is 42.9 Å². The van der Waals surface area contributed by atoms with Gasteiger partial charge in [-0.1, -0.05) is 17.7 Å². The quantitative estimate of drug-likeness (QED) is 0.713. The van der Waals surface area contributed by atoms with E-state index in [2.05, 4.69) is 22.3 Å². The molecule has 0 radical (unpaired) electrons. The van der Waals surface area contributed by atoms with Crippen LogP contribution in [-0.4, -0.2) is 51.3 Å². The highest BCUT2D eigenvalue weighted by molar-refractivity contribution is 6.32. The van der Waals surface area contributed by atoms with Crippen molar-refractivity contribution in [3.05, 3.63) is 40.9 Å². The highest BCUT2D eigenvalue weighted by atomic mass is 35.5. The lowest BCUT2D eigenvalue weighted by atomic mass is 10.0. The van der Waals surface area contributed by atoms with Crippen molar-refractivity contribution in [2.75, 3.05) is 45.8 Å². The molecule has 2 heterocycles. The van der Waals surface area contributed by atoms with E-state index in [0.29, 0.717) is 35.4 Å². The molecule has 2 aromatic carbocycles. The summed E-state index contributed by atoms with van der Waals surface area (Å²) in [4.78, 5) is 15.0. The molecule has 2 aromatic rings. The van der Waals surface area contributed by atoms with E-state index >= 15 is 0 Å². The predicted octanol–water partition coefficient (Wildman–Crippen LogP) is 4.29. The van der Waals surface area contributed by atoms with Crippen LogP contribution < -0.4 is 24.3 Å². The second-order valence-corrected chi connectivity index (χ2v) is 8.03. The molecule has 1 amide bonds. The lowest BCUT2D eigenvalue weighted by Gasteiger charge is -2.25. The van der Waals surface area contributed by atoms with Crippen LogP contribution >= 0.6 is 11.6 Å². The number of amides is 1. The van der Waals surface area contributed by atoms with Crippen molar-refractivity contribution in [1.29, 1.82) is 0 Å². The number of ether oxygens (including phenoxy) is 4. The lowest BCUT2D eigenvalue weighted by Crippen LogP contribution is -2.33. The number of anilines is 1. The van der Waals surface area contributed by atoms with E-state index in [1.807, 2.05) is 6.07 Å². The number of rotatable bonds is 6. The van der Waals surface area contributed by atoms with Crippen molar-refractivity contribution >= 4 is 23.2 Å². The van der Waals surface area contributed by atoms with E-state index in [1.165, 1.54) is 14.2 Å². The highest BCUT2D eigenvalue weighted by Gasteiger charge is 2.29. The van der Waals surface area contributed by atoms with E-state index in [9.17, 15) is 4.79 Å². The maximum Gasteiger partial charge on any atom is 0.238 e. The fourth-order valence-electron chi connectivity index (χ4n) is 4.11. The molecule has 1 N–H and O–H groups in total. The fraction of sp³-hybridized carbons (Fsp3) is 0.435. The molecule has 1 fully saturated rings. The molecule has 2 aliphatic heterocycles. The Hall–Kier alpha value is -2.64. The topological polar surface area (TPSA) is 69.3 Å². The maximum absolute atomic E-state index is 12.8. The number of benzene rings is 2. The summed E-state index contributed by atoms with van der Waals surface area (Å²) in [6.45, 7) is 2.45. The molecular weight excluding hydrogens is 420 g/mol. The number of halogens is 1. The van der Waals surface area contributed by atoms with Crippen LogP contribution in [0.1, 0.15) is 30.9 Å². The number of nitrogens with zero attached hydrogens (tertiary/aromatic N) is 1. The number of methoxy groups -OCH3 is 2. The average molecular weight is 447 g/mol. The molecule has 1 saturated heterocycles. The monoisotopic (exact) mass is 446 g/mol. The summed E-state index contributed by atoms with van der Waals surface area (Å²) in [5, 5.41) is 3.35. The normalized spacial score (nSPS) is 18.4. The zero-order valence-electron chi connectivity index (χ0n) is 17.8. The number of carbonyl (C=O) groups is 1. The van der Waals surface area contributed by atoms with Gasteiger partial charge in [0.2, 0.25) is 5.91 Å². The Kier molecular flexibility index (Phi) is 6.73. The van der Waals surface area contributed by atoms with Gasteiger partial charge in [-0.2, -0.15) is 0 Å². The van der Waals surface area contributed by atoms with Gasteiger partial charge >= 0.3 is 0 Å². The fourth-order valence-corrected chi connectivity index (χ4v) is 4.34. The third-order valence-electron chi connectivity index (χ3n) is 5.61. The number of hydrogen-bond donors (Lipinski definition) is 1. The van der Waals surface area contributed by atoms with Crippen molar-refractivity contribution in [3.8, 4) is 23.0 Å². The second-order valence-electron chi connectivity index (χ2n) is 7.62. The van der Waals surface area contributed by atoms with Gasteiger partial charge in [0, 0.05) is 24.6 Å². The molecule has 0 aliphatic carbocycles. The Morgan fingerprint density at radius 3 is 2.65 bits per heavy atom. The highest BCUT2D eigenvalue weighted by Crippen LogP contribution is 2.38. The molecule has 2 aliphatic rings. The standard InChI is InChI=1S/C23H27ClN2O5/c1-28-20-13-17(21(29-2)12-16(20)24)25-23(27)14-26-8-3-5-18(26)15-6-7-19-22(11-15)31-10-4-9-30-19/h6-7,11-13,18H,3-5,8-10,14H2,1-2H3,(H,25,27). The van der Waals surface area contributed by atoms with Gasteiger partial charge in [-0.25, -0.2) is 0 Å². The Morgan fingerprint density at radius 2 is 1.87 bits per heavy atom. The minimum absolute atomic E-state index is 0.121. The van der Waals surface area contributed by atoms with Crippen molar-refractivity contribution in [1.82, 2.24) is 4.90 Å². The maximum atomic E-state index is 12.8. The molecule has 31 heavy (non-hydrogen) atoms. The molecule has 0 saturated carbocycles. The second kappa shape index (κ2) is 9.66. The Morgan fingerprint density at radius 1 is 1.10 bits per heavy atom. The van der Waals surface area contributed by atoms with Gasteiger partial charge in [0.1, 0.15) is 11.5 Å². The molecule has 4 rings (SSSR count). The molecule has 0 spiro atoms. The molecule has 166 valence electrons. The molecule has 1 unspecified atom stereocenters. The zero-order valence-corrected chi connectivity index (χ0v) is 18.5. The van der Waals surface area contributed by atoms with E-state index in [1.54, 1.807) is 12.1 Å². The summed E-state index contributed by atoms with van der Waals surface area (Å²) in [6.07, 6.45) is 2.90. The van der Waals surface area contributed by atoms with E-state index in [-0.39, 0.29) is 18.5 Å². The van der Waals surface area contributed by atoms with Gasteiger partial charge in [0.25, 0.3) is 0 Å². The van der Waals surface area contributed by atoms with Crippen LogP contribution in [-0.2, 0) is 4.79 Å². The molecular formula is C23H27ClN2O5. The SMILES string of the molecule is COc1cc(NC(=O)CN2CCCC2c2ccc3c(c2)OCCCO3)c(OC)cc1Cl. The molecule has 7 nitrogen and oxygen atoms in total. The molecule has 0 aromatic heterocycles. The molecule has 1 atom stereocenters. The van der Waals surface area contributed by atoms with Crippen LogP contribution in [0.4, 0.5) is 5.69 Å². The van der Waals surface area contributed by atoms with Gasteiger partial charge in [0.05, 0.1) is 44.7 Å². The van der Waals surface area contributed by atoms with Gasteiger partial charge in [0.15, 0.2) is 11.5 Å². The minimum Gasteiger partial charge on any atom is -0.495 e. The molecule has 0 bridgehead atoms. The van der Waals surface area contributed by atoms with Crippen LogP contribution in [0.5, 0.6) is 23.0 Å². The van der Waals surface area contributed by atoms with Crippen molar-refractivity contribution < 1.29 is 23.7 Å². The van der Waals surface area contributed by atoms with Crippen molar-refractivity contribution in [2.24, 2.45) is 0 Å². The number of nitrogens with one attached hydrogen (secondary N) is 1. The zero-order chi connectivity index (χ0) is 21.8. The Balaban J connectivity index is 1.47. The molecule has 8 heteroatoms. The predicted molar refractivity (Wildman–Crippen MR) is 119 cm³/mol. The number of likely N-dealkylation sites (tertiary alicyclic amines) is 1. The summed E-state index contributed by atoms with van der Waals surface area (Å²) < 4.78 is 22.2. The van der Waals surface area contributed by atoms with Gasteiger partial charge < -0.3 is 24.3 Å². The first-order valence-corrected chi connectivity index (χ1v) is 10.8. The minimum atomic E-state index is -0.121. The van der Waals surface area contributed by atoms with Crippen molar-refractivity contribution in [3.63, 3.8) is 0 Å². The smallest absolute Gasteiger partial charge is 0.238 e. The lowest BCUT2D eigenvalue weighted by molar-refractivity contribution is -0.117. The van der Waals surface area contributed by atoms with E-state index < -0.39 is 0 Å². The first-order chi connectivity index (χ1) is 15.1. The Labute approximate surface area is 187 Å². The van der Waals surface area contributed by atoms with Crippen molar-refractivity contribution in [2.45, 2.75) is 25.3 Å². The summed E-state index contributed by atoms with van der Waals surface area (Å²) in [5.74, 6) is 2.41. The van der Waals surface area contributed by atoms with Crippen LogP contribution in [0.2, 0.25) is 5.02 Å². The number of hydrogen-bond acceptors (Lipinski definition) is 6. The van der Waals surface area contributed by atoms with Crippen LogP contribution in [0.25, 0.3) is 0 Å². The third-order valence-corrected chi connectivity index (χ3v) is 5.91. The van der Waals surface area contributed by atoms with Crippen LogP contribution in [0.15, 0.2) is 30.3 Å². The summed E-state index contributed by atoms with van der Waals surface area (Å²) in [7, 11) is 3.07. The number of carbonyl (C=O) groups excluding carboxylic acids is 1. The largest absolute Gasteiger partial charge is 0.495 e. The van der Waals surface area contributed by atoms with Gasteiger partial charge in [-0.05, 0) is 37.1 Å². The van der Waals surface area contributed by atoms with E-state index in [4.69, 9.17) is 30.5 Å².